The molecule has 0 saturated carbocycles. The predicted octanol–water partition coefficient (Wildman–Crippen LogP) is 5.14. The number of rotatable bonds is 6. The summed E-state index contributed by atoms with van der Waals surface area (Å²) in [6, 6.07) is 15.4. The fourth-order valence-electron chi connectivity index (χ4n) is 2.94. The number of carbonyl (C=O) groups is 2. The van der Waals surface area contributed by atoms with Crippen LogP contribution < -0.4 is 10.1 Å². The third kappa shape index (κ3) is 4.84. The number of benzene rings is 2. The van der Waals surface area contributed by atoms with Crippen molar-refractivity contribution in [1.29, 1.82) is 0 Å². The fourth-order valence-corrected chi connectivity index (χ4v) is 4.02. The number of hydrogen-bond acceptors (Lipinski definition) is 5. The van der Waals surface area contributed by atoms with E-state index in [1.54, 1.807) is 0 Å². The first-order valence-electron chi connectivity index (χ1n) is 9.17. The van der Waals surface area contributed by atoms with E-state index in [1.807, 2.05) is 69.3 Å². The molecule has 0 fully saturated rings. The van der Waals surface area contributed by atoms with Crippen LogP contribution >= 0.6 is 11.3 Å². The van der Waals surface area contributed by atoms with Gasteiger partial charge in [0.15, 0.2) is 6.61 Å². The lowest BCUT2D eigenvalue weighted by Crippen LogP contribution is -2.21. The molecule has 3 rings (SSSR count). The van der Waals surface area contributed by atoms with E-state index in [0.29, 0.717) is 16.3 Å². The van der Waals surface area contributed by atoms with Crippen molar-refractivity contribution in [3.8, 4) is 16.9 Å². The number of thiophene rings is 1. The van der Waals surface area contributed by atoms with Crippen LogP contribution in [0.2, 0.25) is 0 Å². The highest BCUT2D eigenvalue weighted by molar-refractivity contribution is 7.17. The molecule has 29 heavy (non-hydrogen) atoms. The molecule has 1 aromatic heterocycles. The maximum atomic E-state index is 12.5. The van der Waals surface area contributed by atoms with Gasteiger partial charge in [-0.05, 0) is 38.5 Å². The summed E-state index contributed by atoms with van der Waals surface area (Å²) >= 11 is 1.35. The fraction of sp³-hybridized carbons (Fsp3) is 0.217. The Morgan fingerprint density at radius 1 is 0.931 bits per heavy atom. The predicted molar refractivity (Wildman–Crippen MR) is 116 cm³/mol. The number of methoxy groups -OCH3 is 1. The number of ether oxygens (including phenoxy) is 2. The summed E-state index contributed by atoms with van der Waals surface area (Å²) in [6.07, 6.45) is 0. The summed E-state index contributed by atoms with van der Waals surface area (Å²) in [5, 5.41) is 3.26. The standard InChI is InChI=1S/C23H23NO4S/c1-14-5-9-17(10-6-14)20-16(3)29-22(21(20)23(26)27-4)24-19(25)13-28-18-11-7-15(2)8-12-18/h5-12H,13H2,1-4H3,(H,24,25). The van der Waals surface area contributed by atoms with Gasteiger partial charge in [-0.3, -0.25) is 4.79 Å². The van der Waals surface area contributed by atoms with Gasteiger partial charge in [-0.15, -0.1) is 11.3 Å². The minimum absolute atomic E-state index is 0.152. The minimum atomic E-state index is -0.486. The van der Waals surface area contributed by atoms with E-state index in [9.17, 15) is 9.59 Å². The Hall–Kier alpha value is -3.12. The molecule has 0 aliphatic heterocycles. The Morgan fingerprint density at radius 3 is 2.10 bits per heavy atom. The molecule has 2 aromatic carbocycles. The number of aryl methyl sites for hydroxylation is 3. The zero-order valence-electron chi connectivity index (χ0n) is 16.9. The molecule has 0 saturated heterocycles. The van der Waals surface area contributed by atoms with E-state index < -0.39 is 5.97 Å². The molecule has 1 heterocycles. The average Bonchev–Trinajstić information content (AvgIpc) is 3.03. The summed E-state index contributed by atoms with van der Waals surface area (Å²) in [5.74, 6) is -0.214. The molecule has 0 aliphatic carbocycles. The first-order valence-corrected chi connectivity index (χ1v) is 9.98. The molecular formula is C23H23NO4S. The van der Waals surface area contributed by atoms with Crippen LogP contribution in [0, 0.1) is 20.8 Å². The van der Waals surface area contributed by atoms with E-state index >= 15 is 0 Å². The van der Waals surface area contributed by atoms with Gasteiger partial charge in [-0.25, -0.2) is 4.79 Å². The van der Waals surface area contributed by atoms with Crippen molar-refractivity contribution in [2.45, 2.75) is 20.8 Å². The van der Waals surface area contributed by atoms with Gasteiger partial charge >= 0.3 is 5.97 Å². The van der Waals surface area contributed by atoms with Gasteiger partial charge in [-0.2, -0.15) is 0 Å². The van der Waals surface area contributed by atoms with Crippen molar-refractivity contribution >= 4 is 28.2 Å². The summed E-state index contributed by atoms with van der Waals surface area (Å²) in [7, 11) is 1.33. The van der Waals surface area contributed by atoms with E-state index in [1.165, 1.54) is 18.4 Å². The van der Waals surface area contributed by atoms with Crippen LogP contribution in [-0.2, 0) is 9.53 Å². The van der Waals surface area contributed by atoms with Gasteiger partial charge < -0.3 is 14.8 Å². The van der Waals surface area contributed by atoms with Gasteiger partial charge in [-0.1, -0.05) is 47.5 Å². The summed E-state index contributed by atoms with van der Waals surface area (Å²) in [6.45, 7) is 5.76. The molecule has 6 heteroatoms. The van der Waals surface area contributed by atoms with Gasteiger partial charge in [0.25, 0.3) is 5.91 Å². The van der Waals surface area contributed by atoms with Crippen LogP contribution in [0.25, 0.3) is 11.1 Å². The maximum absolute atomic E-state index is 12.5. The topological polar surface area (TPSA) is 64.6 Å². The molecule has 0 aliphatic rings. The van der Waals surface area contributed by atoms with E-state index in [-0.39, 0.29) is 12.5 Å². The van der Waals surface area contributed by atoms with Crippen molar-refractivity contribution in [3.63, 3.8) is 0 Å². The lowest BCUT2D eigenvalue weighted by molar-refractivity contribution is -0.118. The molecule has 5 nitrogen and oxygen atoms in total. The minimum Gasteiger partial charge on any atom is -0.484 e. The van der Waals surface area contributed by atoms with Crippen molar-refractivity contribution in [2.75, 3.05) is 19.0 Å². The molecule has 1 amide bonds. The third-order valence-corrected chi connectivity index (χ3v) is 5.48. The number of nitrogens with one attached hydrogen (secondary N) is 1. The van der Waals surface area contributed by atoms with Gasteiger partial charge in [0, 0.05) is 10.4 Å². The molecule has 0 atom stereocenters. The zero-order chi connectivity index (χ0) is 21.0. The van der Waals surface area contributed by atoms with Gasteiger partial charge in [0.2, 0.25) is 0 Å². The van der Waals surface area contributed by atoms with E-state index in [0.717, 1.165) is 27.1 Å². The second kappa shape index (κ2) is 8.92. The molecule has 0 bridgehead atoms. The monoisotopic (exact) mass is 409 g/mol. The van der Waals surface area contributed by atoms with Crippen LogP contribution in [-0.4, -0.2) is 25.6 Å². The highest BCUT2D eigenvalue weighted by Crippen LogP contribution is 2.40. The van der Waals surface area contributed by atoms with Crippen molar-refractivity contribution in [3.05, 3.63) is 70.1 Å². The Bertz CT molecular complexity index is 1020. The molecule has 0 radical (unpaired) electrons. The Balaban J connectivity index is 1.83. The van der Waals surface area contributed by atoms with Crippen LogP contribution in [0.15, 0.2) is 48.5 Å². The highest BCUT2D eigenvalue weighted by Gasteiger charge is 2.25. The maximum Gasteiger partial charge on any atom is 0.341 e. The van der Waals surface area contributed by atoms with E-state index in [4.69, 9.17) is 9.47 Å². The van der Waals surface area contributed by atoms with Crippen LogP contribution in [0.5, 0.6) is 5.75 Å². The zero-order valence-corrected chi connectivity index (χ0v) is 17.7. The number of amides is 1. The normalized spacial score (nSPS) is 10.5. The van der Waals surface area contributed by atoms with Gasteiger partial charge in [0.1, 0.15) is 16.3 Å². The smallest absolute Gasteiger partial charge is 0.341 e. The number of carbonyl (C=O) groups excluding carboxylic acids is 2. The Morgan fingerprint density at radius 2 is 1.52 bits per heavy atom. The Kier molecular flexibility index (Phi) is 6.34. The lowest BCUT2D eigenvalue weighted by atomic mass is 10.0. The van der Waals surface area contributed by atoms with Crippen LogP contribution in [0.3, 0.4) is 0 Å². The highest BCUT2D eigenvalue weighted by atomic mass is 32.1. The molecule has 0 spiro atoms. The largest absolute Gasteiger partial charge is 0.484 e. The van der Waals surface area contributed by atoms with Crippen molar-refractivity contribution in [2.24, 2.45) is 0 Å². The number of esters is 1. The second-order valence-electron chi connectivity index (χ2n) is 6.74. The lowest BCUT2D eigenvalue weighted by Gasteiger charge is -2.09. The third-order valence-electron chi connectivity index (χ3n) is 4.46. The van der Waals surface area contributed by atoms with Crippen LogP contribution in [0.4, 0.5) is 5.00 Å². The van der Waals surface area contributed by atoms with Crippen LogP contribution in [0.1, 0.15) is 26.4 Å². The van der Waals surface area contributed by atoms with Gasteiger partial charge in [0.05, 0.1) is 7.11 Å². The van der Waals surface area contributed by atoms with Crippen molar-refractivity contribution < 1.29 is 19.1 Å². The van der Waals surface area contributed by atoms with Crippen molar-refractivity contribution in [1.82, 2.24) is 0 Å². The molecule has 1 N–H and O–H groups in total. The summed E-state index contributed by atoms with van der Waals surface area (Å²) in [5.41, 5.74) is 4.28. The summed E-state index contributed by atoms with van der Waals surface area (Å²) in [4.78, 5) is 25.9. The average molecular weight is 410 g/mol. The first kappa shape index (κ1) is 20.6. The summed E-state index contributed by atoms with van der Waals surface area (Å²) < 4.78 is 10.5. The quantitative estimate of drug-likeness (QED) is 0.572. The number of anilines is 1. The SMILES string of the molecule is COC(=O)c1c(NC(=O)COc2ccc(C)cc2)sc(C)c1-c1ccc(C)cc1. The van der Waals surface area contributed by atoms with E-state index in [2.05, 4.69) is 5.32 Å². The second-order valence-corrected chi connectivity index (χ2v) is 7.97. The first-order chi connectivity index (χ1) is 13.9. The molecular weight excluding hydrogens is 386 g/mol. The molecule has 0 unspecified atom stereocenters. The molecule has 3 aromatic rings. The Labute approximate surface area is 174 Å². The molecule has 150 valence electrons. The number of hydrogen-bond donors (Lipinski definition) is 1.